The fraction of sp³-hybridized carbons (Fsp3) is 0.500. The van der Waals surface area contributed by atoms with E-state index in [-0.39, 0.29) is 29.8 Å². The standard InChI is InChI=1S/C10H12N4O3S/c11-9-12-3-6-8(13-9)14(10(16)18-6)7-2-1-5(4-15)17-7/h3,5,7,15H,1-2,4H2,(H2,11,12,13)/t5-,7?/m0/s1. The molecule has 3 heterocycles. The molecule has 0 radical (unpaired) electrons. The minimum atomic E-state index is -0.377. The molecular formula is C10H12N4O3S. The Morgan fingerprint density at radius 1 is 1.61 bits per heavy atom. The molecule has 2 aromatic heterocycles. The van der Waals surface area contributed by atoms with Gasteiger partial charge in [-0.3, -0.25) is 9.36 Å². The Labute approximate surface area is 106 Å². The van der Waals surface area contributed by atoms with Gasteiger partial charge in [0.05, 0.1) is 23.6 Å². The van der Waals surface area contributed by atoms with Gasteiger partial charge in [-0.25, -0.2) is 4.98 Å². The van der Waals surface area contributed by atoms with E-state index in [0.29, 0.717) is 16.8 Å². The lowest BCUT2D eigenvalue weighted by molar-refractivity contribution is -0.0214. The molecule has 1 fully saturated rings. The van der Waals surface area contributed by atoms with Crippen LogP contribution in [0.5, 0.6) is 0 Å². The molecule has 2 aromatic rings. The highest BCUT2D eigenvalue weighted by Crippen LogP contribution is 2.30. The maximum atomic E-state index is 12.0. The van der Waals surface area contributed by atoms with Crippen LogP contribution in [0.3, 0.4) is 0 Å². The third-order valence-corrected chi connectivity index (χ3v) is 3.83. The molecule has 8 heteroatoms. The van der Waals surface area contributed by atoms with Crippen LogP contribution in [0.15, 0.2) is 11.0 Å². The zero-order valence-corrected chi connectivity index (χ0v) is 10.3. The van der Waals surface area contributed by atoms with Crippen molar-refractivity contribution in [1.82, 2.24) is 14.5 Å². The Morgan fingerprint density at radius 3 is 3.17 bits per heavy atom. The number of hydrogen-bond acceptors (Lipinski definition) is 7. The van der Waals surface area contributed by atoms with E-state index in [1.54, 1.807) is 6.20 Å². The zero-order valence-electron chi connectivity index (χ0n) is 9.44. The number of aromatic nitrogens is 3. The second-order valence-electron chi connectivity index (χ2n) is 4.13. The monoisotopic (exact) mass is 268 g/mol. The van der Waals surface area contributed by atoms with Gasteiger partial charge < -0.3 is 15.6 Å². The van der Waals surface area contributed by atoms with Crippen molar-refractivity contribution in [2.45, 2.75) is 25.2 Å². The second kappa shape index (κ2) is 4.30. The first-order valence-corrected chi connectivity index (χ1v) is 6.40. The molecule has 2 atom stereocenters. The van der Waals surface area contributed by atoms with E-state index in [2.05, 4.69) is 9.97 Å². The number of nitrogens with two attached hydrogens (primary N) is 1. The van der Waals surface area contributed by atoms with Gasteiger partial charge in [-0.05, 0) is 12.8 Å². The van der Waals surface area contributed by atoms with Gasteiger partial charge in [-0.1, -0.05) is 11.3 Å². The summed E-state index contributed by atoms with van der Waals surface area (Å²) in [5.74, 6) is 0.130. The molecule has 1 aliphatic heterocycles. The zero-order chi connectivity index (χ0) is 12.7. The Kier molecular flexibility index (Phi) is 2.77. The average Bonchev–Trinajstić information content (AvgIpc) is 2.92. The molecule has 96 valence electrons. The summed E-state index contributed by atoms with van der Waals surface area (Å²) in [6, 6.07) is 0. The van der Waals surface area contributed by atoms with Crippen molar-refractivity contribution in [1.29, 1.82) is 0 Å². The minimum absolute atomic E-state index is 0.0373. The number of rotatable bonds is 2. The molecule has 1 aliphatic rings. The first-order chi connectivity index (χ1) is 8.69. The summed E-state index contributed by atoms with van der Waals surface area (Å²) < 4.78 is 7.78. The summed E-state index contributed by atoms with van der Waals surface area (Å²) in [5.41, 5.74) is 6.04. The van der Waals surface area contributed by atoms with Crippen LogP contribution in [0.25, 0.3) is 10.3 Å². The van der Waals surface area contributed by atoms with Gasteiger partial charge in [-0.15, -0.1) is 0 Å². The molecule has 0 aromatic carbocycles. The van der Waals surface area contributed by atoms with Crippen molar-refractivity contribution in [2.24, 2.45) is 0 Å². The van der Waals surface area contributed by atoms with Gasteiger partial charge in [0.1, 0.15) is 6.23 Å². The van der Waals surface area contributed by atoms with Gasteiger partial charge >= 0.3 is 4.87 Å². The normalized spacial score (nSPS) is 23.8. The highest BCUT2D eigenvalue weighted by atomic mass is 32.1. The summed E-state index contributed by atoms with van der Waals surface area (Å²) in [5, 5.41) is 9.05. The van der Waals surface area contributed by atoms with Crippen LogP contribution in [0, 0.1) is 0 Å². The molecule has 0 saturated carbocycles. The SMILES string of the molecule is Nc1ncc2sc(=O)n(C3CC[C@@H](CO)O3)c2n1. The fourth-order valence-corrected chi connectivity index (χ4v) is 2.95. The quantitative estimate of drug-likeness (QED) is 0.801. The van der Waals surface area contributed by atoms with Crippen LogP contribution in [-0.4, -0.2) is 32.4 Å². The van der Waals surface area contributed by atoms with E-state index in [9.17, 15) is 4.79 Å². The molecule has 3 rings (SSSR count). The fourth-order valence-electron chi connectivity index (χ4n) is 2.11. The van der Waals surface area contributed by atoms with Gasteiger partial charge in [-0.2, -0.15) is 4.98 Å². The molecule has 0 amide bonds. The van der Waals surface area contributed by atoms with Crippen LogP contribution in [0.4, 0.5) is 5.95 Å². The molecule has 3 N–H and O–H groups in total. The lowest BCUT2D eigenvalue weighted by atomic mass is 10.2. The van der Waals surface area contributed by atoms with Crippen LogP contribution in [-0.2, 0) is 4.74 Å². The number of aliphatic hydroxyl groups is 1. The predicted molar refractivity (Wildman–Crippen MR) is 66.3 cm³/mol. The second-order valence-corrected chi connectivity index (χ2v) is 5.12. The van der Waals surface area contributed by atoms with E-state index >= 15 is 0 Å². The average molecular weight is 268 g/mol. The first kappa shape index (κ1) is 11.6. The van der Waals surface area contributed by atoms with Crippen molar-refractivity contribution >= 4 is 27.6 Å². The topological polar surface area (TPSA) is 103 Å². The lowest BCUT2D eigenvalue weighted by Gasteiger charge is -2.13. The lowest BCUT2D eigenvalue weighted by Crippen LogP contribution is -2.21. The maximum Gasteiger partial charge on any atom is 0.311 e. The summed E-state index contributed by atoms with van der Waals surface area (Å²) in [4.78, 5) is 19.8. The number of aliphatic hydroxyl groups excluding tert-OH is 1. The third kappa shape index (κ3) is 1.78. The van der Waals surface area contributed by atoms with Gasteiger partial charge in [0.2, 0.25) is 5.95 Å². The summed E-state index contributed by atoms with van der Waals surface area (Å²) in [7, 11) is 0. The first-order valence-electron chi connectivity index (χ1n) is 5.59. The number of anilines is 1. The van der Waals surface area contributed by atoms with Gasteiger partial charge in [0.25, 0.3) is 0 Å². The molecule has 7 nitrogen and oxygen atoms in total. The van der Waals surface area contributed by atoms with E-state index in [1.807, 2.05) is 0 Å². The van der Waals surface area contributed by atoms with Crippen molar-refractivity contribution < 1.29 is 9.84 Å². The largest absolute Gasteiger partial charge is 0.394 e. The van der Waals surface area contributed by atoms with Crippen molar-refractivity contribution in [3.63, 3.8) is 0 Å². The van der Waals surface area contributed by atoms with Crippen LogP contribution in [0.2, 0.25) is 0 Å². The number of nitrogen functional groups attached to an aromatic ring is 1. The number of nitrogens with zero attached hydrogens (tertiary/aromatic N) is 3. The molecule has 1 saturated heterocycles. The smallest absolute Gasteiger partial charge is 0.311 e. The Bertz CT molecular complexity index is 638. The molecule has 0 bridgehead atoms. The van der Waals surface area contributed by atoms with E-state index in [4.69, 9.17) is 15.6 Å². The Hall–Kier alpha value is -1.51. The molecule has 18 heavy (non-hydrogen) atoms. The summed E-state index contributed by atoms with van der Waals surface area (Å²) in [6.45, 7) is -0.0373. The minimum Gasteiger partial charge on any atom is -0.394 e. The Balaban J connectivity index is 2.08. The van der Waals surface area contributed by atoms with E-state index in [1.165, 1.54) is 4.57 Å². The third-order valence-electron chi connectivity index (χ3n) is 2.95. The highest BCUT2D eigenvalue weighted by molar-refractivity contribution is 7.16. The molecule has 1 unspecified atom stereocenters. The Morgan fingerprint density at radius 2 is 2.44 bits per heavy atom. The van der Waals surface area contributed by atoms with E-state index < -0.39 is 0 Å². The predicted octanol–water partition coefficient (Wildman–Crippen LogP) is 0.105. The highest BCUT2D eigenvalue weighted by Gasteiger charge is 2.29. The molecule has 0 spiro atoms. The number of hydrogen-bond donors (Lipinski definition) is 2. The number of ether oxygens (including phenoxy) is 1. The van der Waals surface area contributed by atoms with Crippen LogP contribution < -0.4 is 10.6 Å². The number of thiazole rings is 1. The maximum absolute atomic E-state index is 12.0. The molecule has 0 aliphatic carbocycles. The van der Waals surface area contributed by atoms with Crippen molar-refractivity contribution in [3.8, 4) is 0 Å². The van der Waals surface area contributed by atoms with Crippen molar-refractivity contribution in [3.05, 3.63) is 15.9 Å². The molecular weight excluding hydrogens is 256 g/mol. The van der Waals surface area contributed by atoms with Crippen molar-refractivity contribution in [2.75, 3.05) is 12.3 Å². The van der Waals surface area contributed by atoms with Crippen LogP contribution in [0.1, 0.15) is 19.1 Å². The summed E-state index contributed by atoms with van der Waals surface area (Å²) >= 11 is 1.07. The van der Waals surface area contributed by atoms with Gasteiger partial charge in [0.15, 0.2) is 5.65 Å². The van der Waals surface area contributed by atoms with Gasteiger partial charge in [0, 0.05) is 0 Å². The van der Waals surface area contributed by atoms with Crippen LogP contribution >= 0.6 is 11.3 Å². The van der Waals surface area contributed by atoms with E-state index in [0.717, 1.165) is 17.8 Å². The summed E-state index contributed by atoms with van der Waals surface area (Å²) in [6.07, 6.45) is 2.36. The number of fused-ring (bicyclic) bond motifs is 1.